The van der Waals surface area contributed by atoms with Crippen molar-refractivity contribution in [3.8, 4) is 11.3 Å². The van der Waals surface area contributed by atoms with Crippen molar-refractivity contribution in [3.63, 3.8) is 0 Å². The molecule has 0 bridgehead atoms. The van der Waals surface area contributed by atoms with Gasteiger partial charge in [0.2, 0.25) is 0 Å². The van der Waals surface area contributed by atoms with Gasteiger partial charge in [-0.25, -0.2) is 9.69 Å². The van der Waals surface area contributed by atoms with Crippen molar-refractivity contribution in [3.05, 3.63) is 86.6 Å². The maximum Gasteiger partial charge on any atom is 0.335 e. The predicted molar refractivity (Wildman–Crippen MR) is 116 cm³/mol. The Balaban J connectivity index is 1.69. The van der Waals surface area contributed by atoms with Crippen molar-refractivity contribution in [2.45, 2.75) is 6.92 Å². The molecule has 4 rings (SSSR count). The van der Waals surface area contributed by atoms with E-state index < -0.39 is 22.8 Å². The fourth-order valence-electron chi connectivity index (χ4n) is 3.19. The van der Waals surface area contributed by atoms with Crippen molar-refractivity contribution < 1.29 is 23.7 Å². The molecule has 4 amide bonds. The minimum atomic E-state index is -0.883. The molecule has 2 aromatic carbocycles. The highest BCUT2D eigenvalue weighted by molar-refractivity contribution is 6.39. The number of imide groups is 2. The van der Waals surface area contributed by atoms with Gasteiger partial charge in [0, 0.05) is 22.7 Å². The lowest BCUT2D eigenvalue weighted by Gasteiger charge is -2.26. The molecule has 9 nitrogen and oxygen atoms in total. The summed E-state index contributed by atoms with van der Waals surface area (Å²) in [7, 11) is 0. The number of hydrogen-bond acceptors (Lipinski definition) is 6. The molecule has 1 N–H and O–H groups in total. The third-order valence-electron chi connectivity index (χ3n) is 4.80. The zero-order chi connectivity index (χ0) is 23.0. The Morgan fingerprint density at radius 1 is 1.06 bits per heavy atom. The Kier molecular flexibility index (Phi) is 5.33. The highest BCUT2D eigenvalue weighted by atomic mass is 35.5. The molecule has 1 fully saturated rings. The van der Waals surface area contributed by atoms with Crippen LogP contribution in [-0.2, 0) is 9.59 Å². The number of aryl methyl sites for hydroxylation is 1. The number of hydrogen-bond donors (Lipinski definition) is 1. The lowest BCUT2D eigenvalue weighted by Crippen LogP contribution is -2.54. The second-order valence-electron chi connectivity index (χ2n) is 6.89. The molecule has 3 aromatic rings. The minimum absolute atomic E-state index is 0.0964. The number of furan rings is 1. The summed E-state index contributed by atoms with van der Waals surface area (Å²) in [5.74, 6) is -1.21. The van der Waals surface area contributed by atoms with Crippen LogP contribution in [0.4, 0.5) is 16.2 Å². The first-order valence-electron chi connectivity index (χ1n) is 9.27. The number of nitrogens with zero attached hydrogens (tertiary/aromatic N) is 2. The quantitative estimate of drug-likeness (QED) is 0.270. The number of urea groups is 1. The number of rotatable bonds is 4. The van der Waals surface area contributed by atoms with Crippen molar-refractivity contribution in [1.82, 2.24) is 5.32 Å². The summed E-state index contributed by atoms with van der Waals surface area (Å²) in [6.45, 7) is 1.77. The van der Waals surface area contributed by atoms with E-state index in [0.717, 1.165) is 10.5 Å². The van der Waals surface area contributed by atoms with Gasteiger partial charge in [0.25, 0.3) is 17.5 Å². The predicted octanol–water partition coefficient (Wildman–Crippen LogP) is 4.48. The van der Waals surface area contributed by atoms with Crippen LogP contribution >= 0.6 is 11.6 Å². The van der Waals surface area contributed by atoms with E-state index in [0.29, 0.717) is 16.3 Å². The summed E-state index contributed by atoms with van der Waals surface area (Å²) < 4.78 is 5.72. The third-order valence-corrected chi connectivity index (χ3v) is 5.05. The number of amides is 4. The van der Waals surface area contributed by atoms with E-state index in [1.807, 2.05) is 0 Å². The summed E-state index contributed by atoms with van der Waals surface area (Å²) >= 11 is 5.85. The largest absolute Gasteiger partial charge is 0.457 e. The molecule has 32 heavy (non-hydrogen) atoms. The number of nitrogens with one attached hydrogen (secondary N) is 1. The molecule has 2 heterocycles. The second kappa shape index (κ2) is 8.12. The lowest BCUT2D eigenvalue weighted by atomic mass is 10.1. The Labute approximate surface area is 186 Å². The maximum absolute atomic E-state index is 12.9. The molecule has 0 aliphatic carbocycles. The van der Waals surface area contributed by atoms with E-state index in [2.05, 4.69) is 5.32 Å². The highest BCUT2D eigenvalue weighted by Crippen LogP contribution is 2.30. The molecule has 0 radical (unpaired) electrons. The van der Waals surface area contributed by atoms with Gasteiger partial charge >= 0.3 is 6.03 Å². The van der Waals surface area contributed by atoms with Crippen LogP contribution in [0.25, 0.3) is 17.4 Å². The number of carbonyl (C=O) groups excluding carboxylic acids is 3. The van der Waals surface area contributed by atoms with Crippen molar-refractivity contribution in [1.29, 1.82) is 0 Å². The van der Waals surface area contributed by atoms with Crippen molar-refractivity contribution in [2.24, 2.45) is 0 Å². The third kappa shape index (κ3) is 3.88. The van der Waals surface area contributed by atoms with Gasteiger partial charge in [-0.1, -0.05) is 17.7 Å². The minimum Gasteiger partial charge on any atom is -0.457 e. The highest BCUT2D eigenvalue weighted by Gasteiger charge is 2.37. The van der Waals surface area contributed by atoms with E-state index in [9.17, 15) is 24.5 Å². The average Bonchev–Trinajstić information content (AvgIpc) is 3.21. The summed E-state index contributed by atoms with van der Waals surface area (Å²) in [5.41, 5.74) is 1.08. The molecule has 0 atom stereocenters. The van der Waals surface area contributed by atoms with Crippen LogP contribution in [-0.4, -0.2) is 22.8 Å². The van der Waals surface area contributed by atoms with Gasteiger partial charge in [-0.05, 0) is 55.0 Å². The molecule has 0 spiro atoms. The topological polar surface area (TPSA) is 123 Å². The number of barbiturate groups is 1. The number of carbonyl (C=O) groups is 3. The Bertz CT molecular complexity index is 1310. The van der Waals surface area contributed by atoms with Crippen LogP contribution in [0.1, 0.15) is 11.3 Å². The van der Waals surface area contributed by atoms with E-state index in [4.69, 9.17) is 16.0 Å². The summed E-state index contributed by atoms with van der Waals surface area (Å²) in [4.78, 5) is 48.9. The summed E-state index contributed by atoms with van der Waals surface area (Å²) in [6, 6.07) is 12.5. The maximum atomic E-state index is 12.9. The number of nitro benzene ring substituents is 1. The van der Waals surface area contributed by atoms with Crippen LogP contribution in [0.2, 0.25) is 5.02 Å². The molecule has 10 heteroatoms. The molecule has 160 valence electrons. The van der Waals surface area contributed by atoms with E-state index in [1.165, 1.54) is 48.5 Å². The Hall–Kier alpha value is -4.24. The SMILES string of the molecule is Cc1ccc([N+](=O)[O-])cc1-c1ccc(C=C2C(=O)NC(=O)N(c3ccc(Cl)cc3)C2=O)o1. The Morgan fingerprint density at radius 3 is 2.47 bits per heavy atom. The molecule has 1 aliphatic rings. The van der Waals surface area contributed by atoms with Gasteiger partial charge in [-0.3, -0.25) is 25.0 Å². The molecule has 0 unspecified atom stereocenters. The van der Waals surface area contributed by atoms with Crippen molar-refractivity contribution in [2.75, 3.05) is 4.90 Å². The number of halogens is 1. The van der Waals surface area contributed by atoms with Gasteiger partial charge in [0.15, 0.2) is 0 Å². The molecular formula is C22H14ClN3O6. The molecular weight excluding hydrogens is 438 g/mol. The van der Waals surface area contributed by atoms with Crippen LogP contribution in [0.15, 0.2) is 64.6 Å². The number of benzene rings is 2. The van der Waals surface area contributed by atoms with E-state index in [1.54, 1.807) is 19.1 Å². The molecule has 0 saturated carbocycles. The van der Waals surface area contributed by atoms with Crippen LogP contribution in [0.5, 0.6) is 0 Å². The van der Waals surface area contributed by atoms with Gasteiger partial charge < -0.3 is 4.42 Å². The lowest BCUT2D eigenvalue weighted by molar-refractivity contribution is -0.384. The number of non-ortho nitro benzene ring substituents is 1. The molecule has 1 saturated heterocycles. The molecule has 1 aromatic heterocycles. The van der Waals surface area contributed by atoms with Crippen LogP contribution in [0.3, 0.4) is 0 Å². The van der Waals surface area contributed by atoms with Crippen molar-refractivity contribution >= 4 is 46.9 Å². The van der Waals surface area contributed by atoms with Gasteiger partial charge in [-0.15, -0.1) is 0 Å². The van der Waals surface area contributed by atoms with Gasteiger partial charge in [0.1, 0.15) is 17.1 Å². The van der Waals surface area contributed by atoms with Gasteiger partial charge in [-0.2, -0.15) is 0 Å². The second-order valence-corrected chi connectivity index (χ2v) is 7.33. The van der Waals surface area contributed by atoms with Crippen LogP contribution < -0.4 is 10.2 Å². The monoisotopic (exact) mass is 451 g/mol. The zero-order valence-electron chi connectivity index (χ0n) is 16.5. The first-order chi connectivity index (χ1) is 15.2. The first-order valence-corrected chi connectivity index (χ1v) is 9.64. The number of nitro groups is 1. The van der Waals surface area contributed by atoms with E-state index in [-0.39, 0.29) is 22.7 Å². The fraction of sp³-hybridized carbons (Fsp3) is 0.0455. The normalized spacial score (nSPS) is 15.2. The average molecular weight is 452 g/mol. The van der Waals surface area contributed by atoms with Gasteiger partial charge in [0.05, 0.1) is 10.6 Å². The smallest absolute Gasteiger partial charge is 0.335 e. The zero-order valence-corrected chi connectivity index (χ0v) is 17.3. The standard InChI is InChI=1S/C22H14ClN3O6/c1-12-2-5-15(26(30)31)10-17(12)19-9-8-16(32-19)11-18-20(27)24-22(29)25(21(18)28)14-6-3-13(23)4-7-14/h2-11H,1H3,(H,24,27,29). The summed E-state index contributed by atoms with van der Waals surface area (Å²) in [6.07, 6.45) is 1.21. The van der Waals surface area contributed by atoms with E-state index >= 15 is 0 Å². The molecule has 1 aliphatic heterocycles. The summed E-state index contributed by atoms with van der Waals surface area (Å²) in [5, 5.41) is 13.6. The Morgan fingerprint density at radius 2 is 1.78 bits per heavy atom. The fourth-order valence-corrected chi connectivity index (χ4v) is 3.31. The van der Waals surface area contributed by atoms with Crippen LogP contribution in [0, 0.1) is 17.0 Å². The number of anilines is 1. The first kappa shape index (κ1) is 21.0.